The van der Waals surface area contributed by atoms with Crippen molar-refractivity contribution in [3.8, 4) is 17.2 Å². The largest absolute Gasteiger partial charge is 0.493 e. The van der Waals surface area contributed by atoms with Crippen LogP contribution in [0.5, 0.6) is 17.2 Å². The third-order valence-corrected chi connectivity index (χ3v) is 3.64. The van der Waals surface area contributed by atoms with Gasteiger partial charge in [-0.15, -0.1) is 0 Å². The summed E-state index contributed by atoms with van der Waals surface area (Å²) in [6.45, 7) is 0.951. The molecule has 4 nitrogen and oxygen atoms in total. The monoisotopic (exact) mass is 315 g/mol. The molecule has 23 heavy (non-hydrogen) atoms. The molecule has 0 aliphatic carbocycles. The first-order valence-corrected chi connectivity index (χ1v) is 7.72. The maximum Gasteiger partial charge on any atom is 0.164 e. The van der Waals surface area contributed by atoms with Crippen molar-refractivity contribution in [2.24, 2.45) is 0 Å². The number of benzene rings is 2. The van der Waals surface area contributed by atoms with E-state index in [1.807, 2.05) is 36.4 Å². The van der Waals surface area contributed by atoms with Crippen molar-refractivity contribution in [2.75, 3.05) is 34.9 Å². The Bertz CT molecular complexity index is 599. The molecule has 0 N–H and O–H groups in total. The topological polar surface area (TPSA) is 30.9 Å². The third kappa shape index (κ3) is 4.89. The minimum atomic E-state index is -0.00305. The molecule has 4 heteroatoms. The van der Waals surface area contributed by atoms with Crippen LogP contribution in [0.25, 0.3) is 0 Å². The number of methoxy groups -OCH3 is 2. The molecule has 2 aromatic carbocycles. The van der Waals surface area contributed by atoms with Crippen LogP contribution < -0.4 is 14.2 Å². The van der Waals surface area contributed by atoms with E-state index in [9.17, 15) is 0 Å². The maximum absolute atomic E-state index is 6.23. The van der Waals surface area contributed by atoms with E-state index >= 15 is 0 Å². The fourth-order valence-electron chi connectivity index (χ4n) is 2.39. The zero-order chi connectivity index (χ0) is 16.7. The Labute approximate surface area is 138 Å². The normalized spacial score (nSPS) is 12.0. The molecule has 0 fully saturated rings. The predicted octanol–water partition coefficient (Wildman–Crippen LogP) is 3.78. The summed E-state index contributed by atoms with van der Waals surface area (Å²) in [5, 5.41) is 0. The van der Waals surface area contributed by atoms with Gasteiger partial charge in [-0.3, -0.25) is 0 Å². The summed E-state index contributed by atoms with van der Waals surface area (Å²) in [6.07, 6.45) is 0.905. The Balaban J connectivity index is 2.20. The smallest absolute Gasteiger partial charge is 0.164 e. The molecule has 124 valence electrons. The Morgan fingerprint density at radius 2 is 1.61 bits per heavy atom. The van der Waals surface area contributed by atoms with Crippen molar-refractivity contribution in [1.82, 2.24) is 4.90 Å². The number of rotatable bonds is 8. The molecule has 2 aromatic rings. The molecule has 0 heterocycles. The Kier molecular flexibility index (Phi) is 6.29. The van der Waals surface area contributed by atoms with E-state index in [-0.39, 0.29) is 6.10 Å². The number of ether oxygens (including phenoxy) is 3. The lowest BCUT2D eigenvalue weighted by Crippen LogP contribution is -2.18. The van der Waals surface area contributed by atoms with Crippen LogP contribution in [0.1, 0.15) is 18.1 Å². The van der Waals surface area contributed by atoms with E-state index in [2.05, 4.69) is 31.1 Å². The van der Waals surface area contributed by atoms with Gasteiger partial charge in [-0.2, -0.15) is 0 Å². The van der Waals surface area contributed by atoms with Crippen LogP contribution in [-0.2, 0) is 0 Å². The van der Waals surface area contributed by atoms with Gasteiger partial charge < -0.3 is 19.1 Å². The van der Waals surface area contributed by atoms with Crippen LogP contribution in [-0.4, -0.2) is 39.8 Å². The fraction of sp³-hybridized carbons (Fsp3) is 0.368. The molecule has 0 spiro atoms. The van der Waals surface area contributed by atoms with Gasteiger partial charge in [-0.05, 0) is 31.8 Å². The molecule has 0 aliphatic rings. The van der Waals surface area contributed by atoms with Crippen molar-refractivity contribution in [3.63, 3.8) is 0 Å². The average Bonchev–Trinajstić information content (AvgIpc) is 2.59. The van der Waals surface area contributed by atoms with Gasteiger partial charge in [0.2, 0.25) is 0 Å². The number of hydrogen-bond donors (Lipinski definition) is 0. The van der Waals surface area contributed by atoms with Gasteiger partial charge in [-0.25, -0.2) is 0 Å². The van der Waals surface area contributed by atoms with Crippen LogP contribution in [0.15, 0.2) is 48.5 Å². The summed E-state index contributed by atoms with van der Waals surface area (Å²) in [5.74, 6) is 2.14. The van der Waals surface area contributed by atoms with Gasteiger partial charge in [0.1, 0.15) is 11.9 Å². The van der Waals surface area contributed by atoms with Gasteiger partial charge in [0, 0.05) is 19.0 Å². The number of hydrogen-bond acceptors (Lipinski definition) is 4. The lowest BCUT2D eigenvalue weighted by atomic mass is 10.1. The molecule has 0 aliphatic heterocycles. The summed E-state index contributed by atoms with van der Waals surface area (Å²) >= 11 is 0. The van der Waals surface area contributed by atoms with Crippen molar-refractivity contribution in [2.45, 2.75) is 12.5 Å². The highest BCUT2D eigenvalue weighted by Crippen LogP contribution is 2.33. The number of nitrogens with zero attached hydrogens (tertiary/aromatic N) is 1. The SMILES string of the molecule is COc1ccc(OC(CCN(C)C)c2ccccc2)cc1OC. The highest BCUT2D eigenvalue weighted by atomic mass is 16.5. The second kappa shape index (κ2) is 8.44. The second-order valence-corrected chi connectivity index (χ2v) is 5.63. The molecule has 0 saturated carbocycles. The van der Waals surface area contributed by atoms with E-state index in [4.69, 9.17) is 14.2 Å². The first kappa shape index (κ1) is 17.2. The predicted molar refractivity (Wildman–Crippen MR) is 92.5 cm³/mol. The average molecular weight is 315 g/mol. The Hall–Kier alpha value is -2.20. The van der Waals surface area contributed by atoms with Crippen LogP contribution in [0.2, 0.25) is 0 Å². The minimum Gasteiger partial charge on any atom is -0.493 e. The van der Waals surface area contributed by atoms with E-state index in [0.29, 0.717) is 11.5 Å². The first-order valence-electron chi connectivity index (χ1n) is 7.72. The molecule has 1 atom stereocenters. The molecular formula is C19H25NO3. The second-order valence-electron chi connectivity index (χ2n) is 5.63. The lowest BCUT2D eigenvalue weighted by Gasteiger charge is -2.22. The quantitative estimate of drug-likeness (QED) is 0.742. The van der Waals surface area contributed by atoms with Crippen molar-refractivity contribution >= 4 is 0 Å². The summed E-state index contributed by atoms with van der Waals surface area (Å²) < 4.78 is 16.9. The van der Waals surface area contributed by atoms with E-state index < -0.39 is 0 Å². The molecule has 1 unspecified atom stereocenters. The molecule has 0 saturated heterocycles. The van der Waals surface area contributed by atoms with Gasteiger partial charge in [0.15, 0.2) is 11.5 Å². The van der Waals surface area contributed by atoms with Gasteiger partial charge >= 0.3 is 0 Å². The molecule has 0 amide bonds. The highest BCUT2D eigenvalue weighted by Gasteiger charge is 2.15. The Morgan fingerprint density at radius 3 is 2.22 bits per heavy atom. The van der Waals surface area contributed by atoms with Gasteiger partial charge in [-0.1, -0.05) is 30.3 Å². The van der Waals surface area contributed by atoms with Crippen molar-refractivity contribution < 1.29 is 14.2 Å². The summed E-state index contributed by atoms with van der Waals surface area (Å²) in [5.41, 5.74) is 1.17. The molecular weight excluding hydrogens is 290 g/mol. The fourth-order valence-corrected chi connectivity index (χ4v) is 2.39. The molecule has 2 rings (SSSR count). The van der Waals surface area contributed by atoms with E-state index in [0.717, 1.165) is 18.7 Å². The molecule has 0 aromatic heterocycles. The molecule has 0 radical (unpaired) electrons. The zero-order valence-electron chi connectivity index (χ0n) is 14.3. The van der Waals surface area contributed by atoms with Crippen molar-refractivity contribution in [3.05, 3.63) is 54.1 Å². The minimum absolute atomic E-state index is 0.00305. The lowest BCUT2D eigenvalue weighted by molar-refractivity contribution is 0.178. The van der Waals surface area contributed by atoms with Crippen LogP contribution in [0, 0.1) is 0 Å². The van der Waals surface area contributed by atoms with E-state index in [1.54, 1.807) is 14.2 Å². The first-order chi connectivity index (χ1) is 11.1. The van der Waals surface area contributed by atoms with Crippen molar-refractivity contribution in [1.29, 1.82) is 0 Å². The standard InChI is InChI=1S/C19H25NO3/c1-20(2)13-12-17(15-8-6-5-7-9-15)23-16-10-11-18(21-3)19(14-16)22-4/h5-11,14,17H,12-13H2,1-4H3. The summed E-state index contributed by atoms with van der Waals surface area (Å²) in [6, 6.07) is 15.9. The van der Waals surface area contributed by atoms with Gasteiger partial charge in [0.25, 0.3) is 0 Å². The molecule has 0 bridgehead atoms. The summed E-state index contributed by atoms with van der Waals surface area (Å²) in [7, 11) is 7.39. The zero-order valence-corrected chi connectivity index (χ0v) is 14.3. The maximum atomic E-state index is 6.23. The van der Waals surface area contributed by atoms with Crippen LogP contribution >= 0.6 is 0 Å². The van der Waals surface area contributed by atoms with Crippen LogP contribution in [0.4, 0.5) is 0 Å². The third-order valence-electron chi connectivity index (χ3n) is 3.64. The Morgan fingerprint density at radius 1 is 0.913 bits per heavy atom. The van der Waals surface area contributed by atoms with Gasteiger partial charge in [0.05, 0.1) is 14.2 Å². The highest BCUT2D eigenvalue weighted by molar-refractivity contribution is 5.45. The van der Waals surface area contributed by atoms with Crippen LogP contribution in [0.3, 0.4) is 0 Å². The summed E-state index contributed by atoms with van der Waals surface area (Å²) in [4.78, 5) is 2.16. The van der Waals surface area contributed by atoms with E-state index in [1.165, 1.54) is 5.56 Å².